The Morgan fingerprint density at radius 3 is 2.38 bits per heavy atom. The van der Waals surface area contributed by atoms with Gasteiger partial charge in [0.25, 0.3) is 10.0 Å². The van der Waals surface area contributed by atoms with Crippen LogP contribution in [-0.2, 0) is 10.0 Å². The van der Waals surface area contributed by atoms with E-state index in [0.717, 1.165) is 16.0 Å². The zero-order valence-electron chi connectivity index (χ0n) is 18.1. The molecule has 0 amide bonds. The van der Waals surface area contributed by atoms with E-state index in [-0.39, 0.29) is 22.5 Å². The minimum Gasteiger partial charge on any atom is -0.493 e. The van der Waals surface area contributed by atoms with Crippen molar-refractivity contribution in [2.75, 3.05) is 11.8 Å². The van der Waals surface area contributed by atoms with E-state index in [1.54, 1.807) is 41.8 Å². The van der Waals surface area contributed by atoms with E-state index in [4.69, 9.17) is 21.1 Å². The number of benzene rings is 2. The summed E-state index contributed by atoms with van der Waals surface area (Å²) in [6, 6.07) is 15.9. The standard InChI is InChI=1S/C23H19ClN4O4S2/c1-15-25-17(14-33-15)22-26-21(24)20(32-19-11-7-6-10-18(19)31-2)23(27-22)28-34(29,30)13-12-16-8-4-3-5-9-16/h3-14H,1-2H3,(H,26,27,28). The Bertz CT molecular complexity index is 1440. The fourth-order valence-electron chi connectivity index (χ4n) is 2.88. The molecule has 0 bridgehead atoms. The maximum Gasteiger partial charge on any atom is 0.256 e. The molecule has 0 spiro atoms. The smallest absolute Gasteiger partial charge is 0.256 e. The van der Waals surface area contributed by atoms with Crippen molar-refractivity contribution in [2.45, 2.75) is 6.92 Å². The number of anilines is 1. The molecule has 4 aromatic rings. The van der Waals surface area contributed by atoms with Crippen molar-refractivity contribution in [3.05, 3.63) is 81.1 Å². The molecule has 4 rings (SSSR count). The summed E-state index contributed by atoms with van der Waals surface area (Å²) in [5.74, 6) is 0.692. The first-order chi connectivity index (χ1) is 16.3. The van der Waals surface area contributed by atoms with Gasteiger partial charge in [0.05, 0.1) is 17.5 Å². The molecule has 0 saturated carbocycles. The number of rotatable bonds is 8. The van der Waals surface area contributed by atoms with Crippen molar-refractivity contribution in [3.8, 4) is 28.8 Å². The summed E-state index contributed by atoms with van der Waals surface area (Å²) in [6.45, 7) is 1.84. The van der Waals surface area contributed by atoms with Crippen LogP contribution >= 0.6 is 22.9 Å². The van der Waals surface area contributed by atoms with Gasteiger partial charge in [-0.2, -0.15) is 0 Å². The number of halogens is 1. The predicted octanol–water partition coefficient (Wildman–Crippen LogP) is 5.78. The van der Waals surface area contributed by atoms with Crippen molar-refractivity contribution in [1.29, 1.82) is 0 Å². The highest BCUT2D eigenvalue weighted by molar-refractivity contribution is 7.95. The number of thiazole rings is 1. The highest BCUT2D eigenvalue weighted by atomic mass is 35.5. The van der Waals surface area contributed by atoms with Crippen LogP contribution in [0, 0.1) is 6.92 Å². The van der Waals surface area contributed by atoms with Crippen LogP contribution in [0.2, 0.25) is 5.15 Å². The summed E-state index contributed by atoms with van der Waals surface area (Å²) in [5, 5.41) is 3.51. The lowest BCUT2D eigenvalue weighted by atomic mass is 10.2. The number of aromatic nitrogens is 3. The Kier molecular flexibility index (Phi) is 7.11. The third-order valence-electron chi connectivity index (χ3n) is 4.43. The third-order valence-corrected chi connectivity index (χ3v) is 6.43. The topological polar surface area (TPSA) is 103 Å². The van der Waals surface area contributed by atoms with Gasteiger partial charge >= 0.3 is 0 Å². The Morgan fingerprint density at radius 2 is 1.71 bits per heavy atom. The molecule has 0 aliphatic rings. The zero-order valence-corrected chi connectivity index (χ0v) is 20.5. The fourth-order valence-corrected chi connectivity index (χ4v) is 4.49. The molecule has 0 fully saturated rings. The van der Waals surface area contributed by atoms with Gasteiger partial charge in [0.15, 0.2) is 28.3 Å². The van der Waals surface area contributed by atoms with Gasteiger partial charge in [-0.05, 0) is 30.7 Å². The summed E-state index contributed by atoms with van der Waals surface area (Å²) < 4.78 is 39.4. The minimum absolute atomic E-state index is 0.0708. The molecule has 0 unspecified atom stereocenters. The second-order valence-electron chi connectivity index (χ2n) is 6.88. The van der Waals surface area contributed by atoms with Crippen molar-refractivity contribution in [1.82, 2.24) is 15.0 Å². The van der Waals surface area contributed by atoms with E-state index in [1.807, 2.05) is 25.1 Å². The maximum atomic E-state index is 12.9. The first-order valence-corrected chi connectivity index (χ1v) is 12.7. The van der Waals surface area contributed by atoms with Crippen LogP contribution in [0.15, 0.2) is 65.4 Å². The van der Waals surface area contributed by atoms with Crippen LogP contribution in [-0.4, -0.2) is 30.5 Å². The number of methoxy groups -OCH3 is 1. The monoisotopic (exact) mass is 514 g/mol. The third kappa shape index (κ3) is 5.71. The fraction of sp³-hybridized carbons (Fsp3) is 0.0870. The second-order valence-corrected chi connectivity index (χ2v) is 9.87. The molecule has 174 valence electrons. The van der Waals surface area contributed by atoms with E-state index >= 15 is 0 Å². The van der Waals surface area contributed by atoms with Crippen molar-refractivity contribution in [3.63, 3.8) is 0 Å². The summed E-state index contributed by atoms with van der Waals surface area (Å²) in [5.41, 5.74) is 1.19. The predicted molar refractivity (Wildman–Crippen MR) is 134 cm³/mol. The Balaban J connectivity index is 1.75. The summed E-state index contributed by atoms with van der Waals surface area (Å²) >= 11 is 7.85. The van der Waals surface area contributed by atoms with E-state index < -0.39 is 10.0 Å². The SMILES string of the molecule is COc1ccccc1Oc1c(Cl)nc(-c2csc(C)n2)nc1NS(=O)(=O)C=Cc1ccccc1. The number of hydrogen-bond acceptors (Lipinski definition) is 8. The molecule has 1 N–H and O–H groups in total. The van der Waals surface area contributed by atoms with Crippen LogP contribution in [0.3, 0.4) is 0 Å². The molecule has 0 aliphatic heterocycles. The summed E-state index contributed by atoms with van der Waals surface area (Å²) in [6.07, 6.45) is 1.47. The molecule has 0 saturated heterocycles. The van der Waals surface area contributed by atoms with Gasteiger partial charge in [0.2, 0.25) is 5.75 Å². The van der Waals surface area contributed by atoms with E-state index in [1.165, 1.54) is 24.5 Å². The number of aryl methyl sites for hydroxylation is 1. The summed E-state index contributed by atoms with van der Waals surface area (Å²) in [4.78, 5) is 13.0. The van der Waals surface area contributed by atoms with E-state index in [0.29, 0.717) is 17.2 Å². The van der Waals surface area contributed by atoms with Gasteiger partial charge in [-0.1, -0.05) is 54.1 Å². The largest absolute Gasteiger partial charge is 0.493 e. The Hall–Kier alpha value is -3.47. The van der Waals surface area contributed by atoms with Gasteiger partial charge in [0, 0.05) is 5.38 Å². The Morgan fingerprint density at radius 1 is 1.00 bits per heavy atom. The van der Waals surface area contributed by atoms with Gasteiger partial charge < -0.3 is 9.47 Å². The normalized spacial score (nSPS) is 11.5. The number of nitrogens with zero attached hydrogens (tertiary/aromatic N) is 3. The van der Waals surface area contributed by atoms with Gasteiger partial charge in [-0.3, -0.25) is 4.72 Å². The molecular weight excluding hydrogens is 496 g/mol. The Labute approximate surface area is 206 Å². The number of para-hydroxylation sites is 2. The molecular formula is C23H19ClN4O4S2. The summed E-state index contributed by atoms with van der Waals surface area (Å²) in [7, 11) is -2.49. The quantitative estimate of drug-likeness (QED) is 0.297. The lowest BCUT2D eigenvalue weighted by Gasteiger charge is -2.15. The molecule has 0 radical (unpaired) electrons. The molecule has 8 nitrogen and oxygen atoms in total. The minimum atomic E-state index is -3.98. The lowest BCUT2D eigenvalue weighted by Crippen LogP contribution is -2.12. The van der Waals surface area contributed by atoms with Crippen LogP contribution in [0.5, 0.6) is 17.2 Å². The van der Waals surface area contributed by atoms with Crippen molar-refractivity contribution >= 4 is 44.9 Å². The first-order valence-electron chi connectivity index (χ1n) is 9.91. The average Bonchev–Trinajstić information content (AvgIpc) is 3.27. The lowest BCUT2D eigenvalue weighted by molar-refractivity contribution is 0.378. The van der Waals surface area contributed by atoms with E-state index in [9.17, 15) is 8.42 Å². The molecule has 2 aromatic carbocycles. The van der Waals surface area contributed by atoms with Crippen LogP contribution in [0.1, 0.15) is 10.6 Å². The maximum absolute atomic E-state index is 12.9. The zero-order chi connectivity index (χ0) is 24.1. The number of ether oxygens (including phenoxy) is 2. The second kappa shape index (κ2) is 10.2. The van der Waals surface area contributed by atoms with Crippen molar-refractivity contribution in [2.24, 2.45) is 0 Å². The highest BCUT2D eigenvalue weighted by Crippen LogP contribution is 2.39. The molecule has 34 heavy (non-hydrogen) atoms. The number of hydrogen-bond donors (Lipinski definition) is 1. The molecule has 2 heterocycles. The number of nitrogens with one attached hydrogen (secondary N) is 1. The first kappa shape index (κ1) is 23.7. The van der Waals surface area contributed by atoms with E-state index in [2.05, 4.69) is 19.7 Å². The van der Waals surface area contributed by atoms with Crippen LogP contribution < -0.4 is 14.2 Å². The van der Waals surface area contributed by atoms with Crippen LogP contribution in [0.4, 0.5) is 5.82 Å². The van der Waals surface area contributed by atoms with Crippen LogP contribution in [0.25, 0.3) is 17.6 Å². The van der Waals surface area contributed by atoms with Gasteiger partial charge in [-0.15, -0.1) is 11.3 Å². The van der Waals surface area contributed by atoms with Gasteiger partial charge in [-0.25, -0.2) is 23.4 Å². The molecule has 11 heteroatoms. The average molecular weight is 515 g/mol. The van der Waals surface area contributed by atoms with Crippen molar-refractivity contribution < 1.29 is 17.9 Å². The molecule has 0 atom stereocenters. The van der Waals surface area contributed by atoms with Gasteiger partial charge in [0.1, 0.15) is 5.69 Å². The highest BCUT2D eigenvalue weighted by Gasteiger charge is 2.22. The molecule has 0 aliphatic carbocycles. The molecule has 2 aromatic heterocycles. The number of sulfonamides is 1.